The largest absolute Gasteiger partial charge is 0.459 e. The Hall–Kier alpha value is -2.15. The van der Waals surface area contributed by atoms with Gasteiger partial charge in [-0.2, -0.15) is 0 Å². The number of hydrogen-bond acceptors (Lipinski definition) is 5. The smallest absolute Gasteiger partial charge is 0.240 e. The molecule has 0 saturated carbocycles. The summed E-state index contributed by atoms with van der Waals surface area (Å²) in [5.74, 6) is 1.48. The predicted molar refractivity (Wildman–Crippen MR) is 137 cm³/mol. The summed E-state index contributed by atoms with van der Waals surface area (Å²) in [7, 11) is -0.316. The zero-order chi connectivity index (χ0) is 22.3. The summed E-state index contributed by atoms with van der Waals surface area (Å²) in [6, 6.07) is 14.7. The van der Waals surface area contributed by atoms with Crippen molar-refractivity contribution >= 4 is 50.9 Å². The van der Waals surface area contributed by atoms with Gasteiger partial charge in [-0.25, -0.2) is 13.1 Å². The Kier molecular flexibility index (Phi) is 9.94. The molecule has 0 radical (unpaired) electrons. The van der Waals surface area contributed by atoms with Gasteiger partial charge in [0.05, 0.1) is 18.0 Å². The number of ether oxygens (including phenoxy) is 1. The maximum Gasteiger partial charge on any atom is 0.240 e. The predicted octanol–water partition coefficient (Wildman–Crippen LogP) is 3.15. The van der Waals surface area contributed by atoms with Crippen molar-refractivity contribution in [2.24, 2.45) is 4.99 Å². The van der Waals surface area contributed by atoms with Crippen LogP contribution in [0.2, 0.25) is 0 Å². The molecule has 0 spiro atoms. The first kappa shape index (κ1) is 26.1. The fourth-order valence-corrected chi connectivity index (χ4v) is 4.12. The summed E-state index contributed by atoms with van der Waals surface area (Å²) in [6.45, 7) is 3.59. The van der Waals surface area contributed by atoms with Gasteiger partial charge in [0.25, 0.3) is 0 Å². The first-order valence-electron chi connectivity index (χ1n) is 9.93. The molecule has 2 aromatic carbocycles. The molecule has 0 amide bonds. The number of aliphatic imine (C=N–C) groups is 1. The Morgan fingerprint density at radius 1 is 1.06 bits per heavy atom. The van der Waals surface area contributed by atoms with Crippen molar-refractivity contribution in [1.29, 1.82) is 0 Å². The van der Waals surface area contributed by atoms with Crippen molar-refractivity contribution < 1.29 is 17.6 Å². The van der Waals surface area contributed by atoms with Crippen LogP contribution in [0.15, 0.2) is 62.8 Å². The Labute approximate surface area is 205 Å². The zero-order valence-electron chi connectivity index (χ0n) is 18.3. The monoisotopic (exact) mass is 572 g/mol. The van der Waals surface area contributed by atoms with E-state index in [9.17, 15) is 8.42 Å². The molecule has 0 aliphatic carbocycles. The normalized spacial score (nSPS) is 11.9. The maximum absolute atomic E-state index is 12.2. The van der Waals surface area contributed by atoms with E-state index in [1.165, 1.54) is 7.11 Å². The maximum atomic E-state index is 12.2. The quantitative estimate of drug-likeness (QED) is 0.158. The lowest BCUT2D eigenvalue weighted by Crippen LogP contribution is -2.36. The van der Waals surface area contributed by atoms with Crippen molar-refractivity contribution in [3.63, 3.8) is 0 Å². The lowest BCUT2D eigenvalue weighted by atomic mass is 10.1. The number of methoxy groups -OCH3 is 1. The van der Waals surface area contributed by atoms with E-state index in [1.54, 1.807) is 31.3 Å². The number of hydrogen-bond donors (Lipinski definition) is 3. The van der Waals surface area contributed by atoms with Crippen LogP contribution in [-0.4, -0.2) is 41.7 Å². The molecule has 0 atom stereocenters. The average molecular weight is 572 g/mol. The molecule has 10 heteroatoms. The van der Waals surface area contributed by atoms with Gasteiger partial charge in [-0.15, -0.1) is 24.0 Å². The number of nitrogens with one attached hydrogen (secondary N) is 3. The van der Waals surface area contributed by atoms with Crippen LogP contribution < -0.4 is 15.4 Å². The van der Waals surface area contributed by atoms with E-state index in [0.29, 0.717) is 25.7 Å². The molecule has 1 heterocycles. The van der Waals surface area contributed by atoms with Gasteiger partial charge < -0.3 is 19.8 Å². The highest BCUT2D eigenvalue weighted by Crippen LogP contribution is 2.24. The summed E-state index contributed by atoms with van der Waals surface area (Å²) >= 11 is 0. The second-order valence-corrected chi connectivity index (χ2v) is 8.73. The third-order valence-corrected chi connectivity index (χ3v) is 6.35. The Morgan fingerprint density at radius 2 is 1.75 bits per heavy atom. The summed E-state index contributed by atoms with van der Waals surface area (Å²) < 4.78 is 37.7. The molecule has 0 saturated heterocycles. The molecule has 0 unspecified atom stereocenters. The number of nitrogens with zero attached hydrogens (tertiary/aromatic N) is 1. The molecule has 174 valence electrons. The third kappa shape index (κ3) is 6.67. The number of rotatable bonds is 9. The van der Waals surface area contributed by atoms with Crippen LogP contribution in [-0.2, 0) is 27.8 Å². The first-order chi connectivity index (χ1) is 14.9. The van der Waals surface area contributed by atoms with E-state index >= 15 is 0 Å². The molecule has 0 aliphatic rings. The minimum absolute atomic E-state index is 0. The molecule has 0 fully saturated rings. The number of furan rings is 1. The summed E-state index contributed by atoms with van der Waals surface area (Å²) in [5.41, 5.74) is 2.90. The van der Waals surface area contributed by atoms with Gasteiger partial charge in [-0.05, 0) is 30.7 Å². The van der Waals surface area contributed by atoms with E-state index in [1.807, 2.05) is 31.2 Å². The second-order valence-electron chi connectivity index (χ2n) is 6.96. The molecule has 3 aromatic rings. The SMILES string of the molecule is CN=C(NCc1ccc(S(=O)(=O)NCCOC)cc1)NCc1oc2ccccc2c1C.I. The highest BCUT2D eigenvalue weighted by atomic mass is 127. The minimum Gasteiger partial charge on any atom is -0.459 e. The Bertz CT molecular complexity index is 1140. The fraction of sp³-hybridized carbons (Fsp3) is 0.318. The number of para-hydroxylation sites is 1. The van der Waals surface area contributed by atoms with Gasteiger partial charge in [0.2, 0.25) is 10.0 Å². The minimum atomic E-state index is -3.54. The number of guanidine groups is 1. The molecule has 8 nitrogen and oxygen atoms in total. The van der Waals surface area contributed by atoms with Crippen molar-refractivity contribution in [2.45, 2.75) is 24.9 Å². The molecule has 1 aromatic heterocycles. The van der Waals surface area contributed by atoms with Gasteiger partial charge in [-0.3, -0.25) is 4.99 Å². The molecule has 0 aliphatic heterocycles. The average Bonchev–Trinajstić information content (AvgIpc) is 3.10. The molecule has 3 N–H and O–H groups in total. The van der Waals surface area contributed by atoms with Gasteiger partial charge in [0, 0.05) is 38.2 Å². The van der Waals surface area contributed by atoms with E-state index in [-0.39, 0.29) is 35.4 Å². The van der Waals surface area contributed by atoms with E-state index in [0.717, 1.165) is 27.9 Å². The molecule has 3 rings (SSSR count). The van der Waals surface area contributed by atoms with Crippen molar-refractivity contribution in [3.05, 3.63) is 65.4 Å². The van der Waals surface area contributed by atoms with Crippen LogP contribution in [0.3, 0.4) is 0 Å². The molecular weight excluding hydrogens is 543 g/mol. The highest BCUT2D eigenvalue weighted by Gasteiger charge is 2.13. The van der Waals surface area contributed by atoms with Crippen molar-refractivity contribution in [2.75, 3.05) is 27.3 Å². The van der Waals surface area contributed by atoms with Crippen LogP contribution in [0, 0.1) is 6.92 Å². The van der Waals surface area contributed by atoms with Crippen LogP contribution in [0.4, 0.5) is 0 Å². The summed E-state index contributed by atoms with van der Waals surface area (Å²) in [6.07, 6.45) is 0. The van der Waals surface area contributed by atoms with E-state index in [4.69, 9.17) is 9.15 Å². The van der Waals surface area contributed by atoms with Gasteiger partial charge in [0.1, 0.15) is 11.3 Å². The zero-order valence-corrected chi connectivity index (χ0v) is 21.5. The van der Waals surface area contributed by atoms with Gasteiger partial charge >= 0.3 is 0 Å². The number of aryl methyl sites for hydroxylation is 1. The van der Waals surface area contributed by atoms with Crippen LogP contribution >= 0.6 is 24.0 Å². The van der Waals surface area contributed by atoms with Crippen LogP contribution in [0.1, 0.15) is 16.9 Å². The van der Waals surface area contributed by atoms with Gasteiger partial charge in [-0.1, -0.05) is 30.3 Å². The van der Waals surface area contributed by atoms with Gasteiger partial charge in [0.15, 0.2) is 5.96 Å². The van der Waals surface area contributed by atoms with E-state index < -0.39 is 10.0 Å². The first-order valence-corrected chi connectivity index (χ1v) is 11.4. The van der Waals surface area contributed by atoms with E-state index in [2.05, 4.69) is 20.3 Å². The molecule has 0 bridgehead atoms. The standard InChI is InChI=1S/C22H28N4O4S.HI/c1-16-19-6-4-5-7-20(19)30-21(16)15-25-22(23-2)24-14-17-8-10-18(11-9-17)31(27,28)26-12-13-29-3;/h4-11,26H,12-15H2,1-3H3,(H2,23,24,25);1H. The number of sulfonamides is 1. The lowest BCUT2D eigenvalue weighted by Gasteiger charge is -2.12. The summed E-state index contributed by atoms with van der Waals surface area (Å²) in [4.78, 5) is 4.45. The van der Waals surface area contributed by atoms with Crippen LogP contribution in [0.5, 0.6) is 0 Å². The highest BCUT2D eigenvalue weighted by molar-refractivity contribution is 14.0. The van der Waals surface area contributed by atoms with Crippen molar-refractivity contribution in [1.82, 2.24) is 15.4 Å². The molecule has 32 heavy (non-hydrogen) atoms. The third-order valence-electron chi connectivity index (χ3n) is 4.87. The lowest BCUT2D eigenvalue weighted by molar-refractivity contribution is 0.204. The summed E-state index contributed by atoms with van der Waals surface area (Å²) in [5, 5.41) is 7.58. The Morgan fingerprint density at radius 3 is 2.41 bits per heavy atom. The topological polar surface area (TPSA) is 105 Å². The second kappa shape index (κ2) is 12.2. The Balaban J connectivity index is 0.00000363. The van der Waals surface area contributed by atoms with Crippen LogP contribution in [0.25, 0.3) is 11.0 Å². The fourth-order valence-electron chi connectivity index (χ4n) is 3.11. The number of halogens is 1. The number of benzene rings is 2. The molecular formula is C22H29IN4O4S. The number of fused-ring (bicyclic) bond motifs is 1. The van der Waals surface area contributed by atoms with Crippen molar-refractivity contribution in [3.8, 4) is 0 Å².